The monoisotopic (exact) mass is 180 g/mol. The predicted octanol–water partition coefficient (Wildman–Crippen LogP) is 0.970. The van der Waals surface area contributed by atoms with Crippen LogP contribution in [0.2, 0.25) is 0 Å². The van der Waals surface area contributed by atoms with Crippen LogP contribution in [0.1, 0.15) is 5.01 Å². The molecular formula is C7H8N4S. The van der Waals surface area contributed by atoms with E-state index in [2.05, 4.69) is 10.1 Å². The van der Waals surface area contributed by atoms with E-state index >= 15 is 0 Å². The number of hydrogen-bond acceptors (Lipinski definition) is 4. The summed E-state index contributed by atoms with van der Waals surface area (Å²) in [5.41, 5.74) is 5.63. The van der Waals surface area contributed by atoms with Crippen molar-refractivity contribution in [3.05, 3.63) is 28.8 Å². The van der Waals surface area contributed by atoms with Gasteiger partial charge in [-0.05, 0) is 6.07 Å². The molecule has 4 nitrogen and oxygen atoms in total. The largest absolute Gasteiger partial charge is 0.384 e. The molecule has 2 rings (SSSR count). The van der Waals surface area contributed by atoms with Gasteiger partial charge >= 0.3 is 0 Å². The Morgan fingerprint density at radius 3 is 3.00 bits per heavy atom. The van der Waals surface area contributed by atoms with Crippen molar-refractivity contribution in [1.82, 2.24) is 14.8 Å². The Morgan fingerprint density at radius 1 is 1.50 bits per heavy atom. The summed E-state index contributed by atoms with van der Waals surface area (Å²) in [5, 5.41) is 7.01. The van der Waals surface area contributed by atoms with E-state index in [4.69, 9.17) is 5.73 Å². The quantitative estimate of drug-likeness (QED) is 0.749. The highest BCUT2D eigenvalue weighted by Crippen LogP contribution is 2.08. The lowest BCUT2D eigenvalue weighted by Gasteiger charge is -1.99. The van der Waals surface area contributed by atoms with Crippen LogP contribution in [0.5, 0.6) is 0 Å². The van der Waals surface area contributed by atoms with Gasteiger partial charge in [0.05, 0.1) is 12.7 Å². The summed E-state index contributed by atoms with van der Waals surface area (Å²) in [4.78, 5) is 4.13. The van der Waals surface area contributed by atoms with Crippen LogP contribution in [0, 0.1) is 0 Å². The van der Waals surface area contributed by atoms with Crippen molar-refractivity contribution in [2.75, 3.05) is 5.73 Å². The summed E-state index contributed by atoms with van der Waals surface area (Å²) in [6.07, 6.45) is 3.46. The number of aromatic nitrogens is 3. The van der Waals surface area contributed by atoms with Gasteiger partial charge in [-0.2, -0.15) is 5.10 Å². The average molecular weight is 180 g/mol. The molecular weight excluding hydrogens is 172 g/mol. The molecule has 0 saturated heterocycles. The number of hydrogen-bond donors (Lipinski definition) is 1. The third-order valence-electron chi connectivity index (χ3n) is 1.52. The Balaban J connectivity index is 2.20. The van der Waals surface area contributed by atoms with Gasteiger partial charge in [0, 0.05) is 11.6 Å². The first-order valence-electron chi connectivity index (χ1n) is 3.52. The third kappa shape index (κ3) is 1.31. The van der Waals surface area contributed by atoms with E-state index < -0.39 is 0 Å². The van der Waals surface area contributed by atoms with Gasteiger partial charge in [-0.15, -0.1) is 11.3 Å². The fraction of sp³-hybridized carbons (Fsp3) is 0.143. The van der Waals surface area contributed by atoms with Crippen LogP contribution >= 0.6 is 11.3 Å². The minimum Gasteiger partial charge on any atom is -0.384 e. The van der Waals surface area contributed by atoms with Crippen LogP contribution in [0.15, 0.2) is 23.8 Å². The van der Waals surface area contributed by atoms with Gasteiger partial charge in [0.2, 0.25) is 0 Å². The van der Waals surface area contributed by atoms with Gasteiger partial charge in [-0.25, -0.2) is 9.67 Å². The minimum absolute atomic E-state index is 0.663. The van der Waals surface area contributed by atoms with E-state index in [-0.39, 0.29) is 0 Å². The van der Waals surface area contributed by atoms with Crippen LogP contribution in [0.3, 0.4) is 0 Å². The van der Waals surface area contributed by atoms with E-state index in [1.807, 2.05) is 5.38 Å². The molecule has 0 aliphatic carbocycles. The van der Waals surface area contributed by atoms with Crippen molar-refractivity contribution >= 4 is 17.2 Å². The second-order valence-electron chi connectivity index (χ2n) is 2.34. The van der Waals surface area contributed by atoms with Crippen molar-refractivity contribution in [1.29, 1.82) is 0 Å². The first-order chi connectivity index (χ1) is 5.86. The number of nitrogens with zero attached hydrogens (tertiary/aromatic N) is 3. The SMILES string of the molecule is Nc1ccnn1Cc1nccs1. The first kappa shape index (κ1) is 7.30. The number of nitrogens with two attached hydrogens (primary N) is 1. The Kier molecular flexibility index (Phi) is 1.79. The molecule has 0 fully saturated rings. The van der Waals surface area contributed by atoms with Crippen LogP contribution in [0.25, 0.3) is 0 Å². The van der Waals surface area contributed by atoms with Crippen LogP contribution in [0.4, 0.5) is 5.82 Å². The normalized spacial score (nSPS) is 10.3. The van der Waals surface area contributed by atoms with Crippen molar-refractivity contribution < 1.29 is 0 Å². The summed E-state index contributed by atoms with van der Waals surface area (Å²) in [7, 11) is 0. The van der Waals surface area contributed by atoms with E-state index in [1.165, 1.54) is 0 Å². The molecule has 62 valence electrons. The van der Waals surface area contributed by atoms with E-state index in [1.54, 1.807) is 34.5 Å². The van der Waals surface area contributed by atoms with Gasteiger partial charge in [-0.1, -0.05) is 0 Å². The van der Waals surface area contributed by atoms with Crippen molar-refractivity contribution in [3.8, 4) is 0 Å². The zero-order chi connectivity index (χ0) is 8.39. The number of thiazole rings is 1. The molecule has 2 aromatic heterocycles. The van der Waals surface area contributed by atoms with E-state index in [0.717, 1.165) is 5.01 Å². The summed E-state index contributed by atoms with van der Waals surface area (Å²) < 4.78 is 1.72. The van der Waals surface area contributed by atoms with Gasteiger partial charge in [-0.3, -0.25) is 0 Å². The Morgan fingerprint density at radius 2 is 2.42 bits per heavy atom. The molecule has 5 heteroatoms. The summed E-state index contributed by atoms with van der Waals surface area (Å²) in [5.74, 6) is 0.671. The molecule has 2 N–H and O–H groups in total. The Labute approximate surface area is 73.7 Å². The van der Waals surface area contributed by atoms with Crippen LogP contribution in [-0.4, -0.2) is 14.8 Å². The first-order valence-corrected chi connectivity index (χ1v) is 4.40. The van der Waals surface area contributed by atoms with E-state index in [9.17, 15) is 0 Å². The standard InChI is InChI=1S/C7H8N4S/c8-6-1-2-10-11(6)5-7-9-3-4-12-7/h1-4H,5,8H2. The van der Waals surface area contributed by atoms with Crippen molar-refractivity contribution in [2.24, 2.45) is 0 Å². The lowest BCUT2D eigenvalue weighted by molar-refractivity contribution is 0.693. The Bertz CT molecular complexity index is 351. The topological polar surface area (TPSA) is 56.7 Å². The van der Waals surface area contributed by atoms with Crippen LogP contribution in [-0.2, 0) is 6.54 Å². The van der Waals surface area contributed by atoms with Gasteiger partial charge in [0.15, 0.2) is 0 Å². The second kappa shape index (κ2) is 2.94. The predicted molar refractivity (Wildman–Crippen MR) is 47.9 cm³/mol. The molecule has 12 heavy (non-hydrogen) atoms. The smallest absolute Gasteiger partial charge is 0.122 e. The van der Waals surface area contributed by atoms with Crippen molar-refractivity contribution in [2.45, 2.75) is 6.54 Å². The Hall–Kier alpha value is -1.36. The van der Waals surface area contributed by atoms with Gasteiger partial charge < -0.3 is 5.73 Å². The van der Waals surface area contributed by atoms with Crippen LogP contribution < -0.4 is 5.73 Å². The summed E-state index contributed by atoms with van der Waals surface area (Å²) in [6.45, 7) is 0.663. The molecule has 2 aromatic rings. The molecule has 0 saturated carbocycles. The number of anilines is 1. The molecule has 0 amide bonds. The minimum atomic E-state index is 0.663. The highest BCUT2D eigenvalue weighted by atomic mass is 32.1. The molecule has 0 aliphatic rings. The number of rotatable bonds is 2. The highest BCUT2D eigenvalue weighted by molar-refractivity contribution is 7.09. The maximum atomic E-state index is 5.63. The molecule has 0 unspecified atom stereocenters. The van der Waals surface area contributed by atoms with E-state index in [0.29, 0.717) is 12.4 Å². The van der Waals surface area contributed by atoms with Crippen molar-refractivity contribution in [3.63, 3.8) is 0 Å². The molecule has 0 aromatic carbocycles. The maximum absolute atomic E-state index is 5.63. The molecule has 0 aliphatic heterocycles. The summed E-state index contributed by atoms with van der Waals surface area (Å²) in [6, 6.07) is 1.77. The zero-order valence-corrected chi connectivity index (χ0v) is 7.16. The maximum Gasteiger partial charge on any atom is 0.122 e. The van der Waals surface area contributed by atoms with Gasteiger partial charge in [0.1, 0.15) is 10.8 Å². The van der Waals surface area contributed by atoms with Gasteiger partial charge in [0.25, 0.3) is 0 Å². The fourth-order valence-electron chi connectivity index (χ4n) is 0.934. The summed E-state index contributed by atoms with van der Waals surface area (Å²) >= 11 is 1.60. The lowest BCUT2D eigenvalue weighted by atomic mass is 10.6. The lowest BCUT2D eigenvalue weighted by Crippen LogP contribution is -2.04. The zero-order valence-electron chi connectivity index (χ0n) is 6.34. The molecule has 0 spiro atoms. The molecule has 0 bridgehead atoms. The molecule has 0 atom stereocenters. The molecule has 2 heterocycles. The fourth-order valence-corrected chi connectivity index (χ4v) is 1.53. The average Bonchev–Trinajstić information content (AvgIpc) is 2.65. The number of nitrogen functional groups attached to an aromatic ring is 1. The highest BCUT2D eigenvalue weighted by Gasteiger charge is 2.00. The second-order valence-corrected chi connectivity index (χ2v) is 3.32. The molecule has 0 radical (unpaired) electrons. The third-order valence-corrected chi connectivity index (χ3v) is 2.28.